The molecule has 9 nitrogen and oxygen atoms in total. The third kappa shape index (κ3) is 5.10. The number of hydrogen-bond acceptors (Lipinski definition) is 7. The van der Waals surface area contributed by atoms with E-state index in [-0.39, 0.29) is 6.10 Å². The lowest BCUT2D eigenvalue weighted by molar-refractivity contribution is -0.0592. The van der Waals surface area contributed by atoms with Crippen LogP contribution in [0.1, 0.15) is 52.6 Å². The lowest BCUT2D eigenvalue weighted by Crippen LogP contribution is -2.35. The smallest absolute Gasteiger partial charge is 0.213 e. The predicted molar refractivity (Wildman–Crippen MR) is 150 cm³/mol. The standard InChI is InChI=1S/C31H32N6O3/c38-19-22-5-7-28-29(14-22)37(17-26-10-13-39-26)30(33-28)18-35-11-8-24(9-12-35)27-2-1-3-31(34-27)40-20-23-4-6-25-15-32-21-36(25)16-23/h1-7,14-16,19,21,24,26H,8-13,17-18,20H2. The van der Waals surface area contributed by atoms with Crippen LogP contribution in [0, 0.1) is 0 Å². The van der Waals surface area contributed by atoms with Crippen LogP contribution in [-0.2, 0) is 24.4 Å². The molecule has 0 aliphatic carbocycles. The Labute approximate surface area is 232 Å². The summed E-state index contributed by atoms with van der Waals surface area (Å²) in [5, 5.41) is 0. The maximum atomic E-state index is 11.4. The number of benzene rings is 1. The van der Waals surface area contributed by atoms with E-state index >= 15 is 0 Å². The van der Waals surface area contributed by atoms with Gasteiger partial charge in [0.15, 0.2) is 0 Å². The van der Waals surface area contributed by atoms with E-state index in [4.69, 9.17) is 19.4 Å². The maximum absolute atomic E-state index is 11.4. The molecule has 0 saturated carbocycles. The van der Waals surface area contributed by atoms with Gasteiger partial charge in [-0.05, 0) is 62.7 Å². The molecule has 9 heteroatoms. The Kier molecular flexibility index (Phi) is 6.75. The first-order valence-electron chi connectivity index (χ1n) is 14.0. The molecule has 2 aliphatic heterocycles. The monoisotopic (exact) mass is 536 g/mol. The second-order valence-electron chi connectivity index (χ2n) is 10.8. The average molecular weight is 537 g/mol. The summed E-state index contributed by atoms with van der Waals surface area (Å²) >= 11 is 0. The van der Waals surface area contributed by atoms with Crippen LogP contribution in [0.4, 0.5) is 0 Å². The number of likely N-dealkylation sites (tertiary alicyclic amines) is 1. The normalized spacial score (nSPS) is 18.2. The van der Waals surface area contributed by atoms with Crippen LogP contribution in [-0.4, -0.2) is 60.9 Å². The molecular formula is C31H32N6O3. The van der Waals surface area contributed by atoms with Crippen LogP contribution in [0.2, 0.25) is 0 Å². The summed E-state index contributed by atoms with van der Waals surface area (Å²) < 4.78 is 16.0. The molecule has 4 aromatic heterocycles. The number of piperidine rings is 1. The van der Waals surface area contributed by atoms with Gasteiger partial charge in [-0.15, -0.1) is 0 Å². The van der Waals surface area contributed by atoms with E-state index in [1.54, 1.807) is 6.33 Å². The van der Waals surface area contributed by atoms with Gasteiger partial charge in [0.2, 0.25) is 5.88 Å². The lowest BCUT2D eigenvalue weighted by Gasteiger charge is -2.32. The second-order valence-corrected chi connectivity index (χ2v) is 10.8. The molecule has 6 heterocycles. The van der Waals surface area contributed by atoms with Gasteiger partial charge in [-0.1, -0.05) is 12.1 Å². The highest BCUT2D eigenvalue weighted by atomic mass is 16.5. The summed E-state index contributed by atoms with van der Waals surface area (Å²) in [5.41, 5.74) is 5.85. The molecule has 5 aromatic rings. The fourth-order valence-electron chi connectivity index (χ4n) is 5.75. The van der Waals surface area contributed by atoms with E-state index in [0.717, 1.165) is 92.0 Å². The van der Waals surface area contributed by atoms with Crippen LogP contribution >= 0.6 is 0 Å². The van der Waals surface area contributed by atoms with Gasteiger partial charge in [0.1, 0.15) is 18.7 Å². The minimum absolute atomic E-state index is 0.219. The first kappa shape index (κ1) is 24.9. The molecule has 2 aliphatic rings. The third-order valence-corrected chi connectivity index (χ3v) is 8.14. The summed E-state index contributed by atoms with van der Waals surface area (Å²) in [6.45, 7) is 4.79. The van der Waals surface area contributed by atoms with Gasteiger partial charge in [-0.2, -0.15) is 0 Å². The SMILES string of the molecule is O=Cc1ccc2nc(CN3CCC(c4cccc(OCc5ccc6cncn6c5)n4)CC3)n(CC3CCO3)c2c1. The molecule has 0 bridgehead atoms. The Hall–Kier alpha value is -4.08. The largest absolute Gasteiger partial charge is 0.473 e. The highest BCUT2D eigenvalue weighted by Gasteiger charge is 2.26. The molecule has 1 unspecified atom stereocenters. The molecule has 0 amide bonds. The van der Waals surface area contributed by atoms with Crippen LogP contribution in [0.15, 0.2) is 67.3 Å². The number of ether oxygens (including phenoxy) is 2. The summed E-state index contributed by atoms with van der Waals surface area (Å²) in [4.78, 5) is 27.9. The number of imidazole rings is 2. The molecule has 0 N–H and O–H groups in total. The van der Waals surface area contributed by atoms with Gasteiger partial charge in [-0.3, -0.25) is 9.69 Å². The van der Waals surface area contributed by atoms with E-state index in [9.17, 15) is 4.79 Å². The van der Waals surface area contributed by atoms with E-state index in [1.165, 1.54) is 0 Å². The zero-order valence-electron chi connectivity index (χ0n) is 22.4. The number of pyridine rings is 2. The highest BCUT2D eigenvalue weighted by Crippen LogP contribution is 2.30. The van der Waals surface area contributed by atoms with E-state index < -0.39 is 0 Å². The van der Waals surface area contributed by atoms with E-state index in [2.05, 4.69) is 26.6 Å². The molecule has 0 spiro atoms. The topological polar surface area (TPSA) is 86.8 Å². The van der Waals surface area contributed by atoms with Crippen molar-refractivity contribution in [1.29, 1.82) is 0 Å². The summed E-state index contributed by atoms with van der Waals surface area (Å²) in [7, 11) is 0. The highest BCUT2D eigenvalue weighted by molar-refractivity contribution is 5.85. The van der Waals surface area contributed by atoms with Crippen LogP contribution in [0.25, 0.3) is 16.6 Å². The first-order chi connectivity index (χ1) is 19.7. The zero-order chi connectivity index (χ0) is 26.9. The third-order valence-electron chi connectivity index (χ3n) is 8.14. The fourth-order valence-corrected chi connectivity index (χ4v) is 5.75. The van der Waals surface area contributed by atoms with Crippen molar-refractivity contribution in [3.8, 4) is 5.88 Å². The average Bonchev–Trinajstić information content (AvgIpc) is 3.57. The van der Waals surface area contributed by atoms with Crippen LogP contribution in [0.3, 0.4) is 0 Å². The Balaban J connectivity index is 0.997. The Morgan fingerprint density at radius 1 is 1.05 bits per heavy atom. The van der Waals surface area contributed by atoms with Crippen molar-refractivity contribution < 1.29 is 14.3 Å². The molecule has 1 atom stereocenters. The maximum Gasteiger partial charge on any atom is 0.213 e. The molecule has 2 fully saturated rings. The van der Waals surface area contributed by atoms with Crippen LogP contribution in [0.5, 0.6) is 5.88 Å². The minimum atomic E-state index is 0.219. The molecule has 40 heavy (non-hydrogen) atoms. The molecular weight excluding hydrogens is 504 g/mol. The van der Waals surface area contributed by atoms with Gasteiger partial charge >= 0.3 is 0 Å². The number of hydrogen-bond donors (Lipinski definition) is 0. The summed E-state index contributed by atoms with van der Waals surface area (Å²) in [6, 6.07) is 15.9. The number of nitrogens with zero attached hydrogens (tertiary/aromatic N) is 6. The van der Waals surface area contributed by atoms with Gasteiger partial charge < -0.3 is 18.4 Å². The molecule has 204 valence electrons. The number of aldehydes is 1. The number of rotatable bonds is 9. The zero-order valence-corrected chi connectivity index (χ0v) is 22.4. The van der Waals surface area contributed by atoms with Crippen molar-refractivity contribution in [3.05, 3.63) is 89.9 Å². The molecule has 1 aromatic carbocycles. The number of carbonyl (C=O) groups is 1. The molecule has 0 radical (unpaired) electrons. The van der Waals surface area contributed by atoms with Gasteiger partial charge in [-0.25, -0.2) is 15.0 Å². The molecule has 7 rings (SSSR count). The van der Waals surface area contributed by atoms with Crippen molar-refractivity contribution in [3.63, 3.8) is 0 Å². The van der Waals surface area contributed by atoms with Crippen molar-refractivity contribution in [2.24, 2.45) is 0 Å². The van der Waals surface area contributed by atoms with Crippen molar-refractivity contribution in [1.82, 2.24) is 28.8 Å². The quantitative estimate of drug-likeness (QED) is 0.254. The predicted octanol–water partition coefficient (Wildman–Crippen LogP) is 4.64. The second kappa shape index (κ2) is 10.8. The van der Waals surface area contributed by atoms with E-state index in [0.29, 0.717) is 24.0 Å². The summed E-state index contributed by atoms with van der Waals surface area (Å²) in [5.74, 6) is 2.10. The van der Waals surface area contributed by atoms with Gasteiger partial charge in [0.25, 0.3) is 0 Å². The van der Waals surface area contributed by atoms with Crippen molar-refractivity contribution in [2.75, 3.05) is 19.7 Å². The van der Waals surface area contributed by atoms with Gasteiger partial charge in [0, 0.05) is 41.6 Å². The Morgan fingerprint density at radius 3 is 2.77 bits per heavy atom. The summed E-state index contributed by atoms with van der Waals surface area (Å²) in [6.07, 6.45) is 9.93. The Bertz CT molecular complexity index is 1650. The lowest BCUT2D eigenvalue weighted by atomic mass is 9.93. The Morgan fingerprint density at radius 2 is 1.95 bits per heavy atom. The van der Waals surface area contributed by atoms with Crippen molar-refractivity contribution >= 4 is 22.8 Å². The van der Waals surface area contributed by atoms with Gasteiger partial charge in [0.05, 0.1) is 48.3 Å². The molecule has 2 saturated heterocycles. The van der Waals surface area contributed by atoms with E-state index in [1.807, 2.05) is 53.2 Å². The minimum Gasteiger partial charge on any atom is -0.473 e. The number of carbonyl (C=O) groups excluding carboxylic acids is 1. The van der Waals surface area contributed by atoms with Crippen molar-refractivity contribution in [2.45, 2.75) is 51.0 Å². The first-order valence-corrected chi connectivity index (χ1v) is 14.0. The van der Waals surface area contributed by atoms with Crippen LogP contribution < -0.4 is 4.74 Å². The fraction of sp³-hybridized carbons (Fsp3) is 0.355. The number of fused-ring (bicyclic) bond motifs is 2. The number of aromatic nitrogens is 5.